The van der Waals surface area contributed by atoms with Crippen LogP contribution in [-0.4, -0.2) is 48.2 Å². The third kappa shape index (κ3) is 4.13. The van der Waals surface area contributed by atoms with E-state index in [-0.39, 0.29) is 18.9 Å². The molecule has 0 bridgehead atoms. The fourth-order valence-electron chi connectivity index (χ4n) is 2.24. The zero-order valence-electron chi connectivity index (χ0n) is 12.3. The maximum Gasteiger partial charge on any atom is 0.323 e. The van der Waals surface area contributed by atoms with Crippen molar-refractivity contribution in [3.63, 3.8) is 0 Å². The summed E-state index contributed by atoms with van der Waals surface area (Å²) in [5, 5.41) is 8.90. The first kappa shape index (κ1) is 16.6. The standard InChI is InChI=1S/C15H18BrNO5/c1-2-3-17(9-15(19)20)14(18)7-10-6-12-13(8-11(10)16)22-5-4-21-12/h6,8H,2-5,7,9H2,1H3,(H,19,20). The molecule has 0 unspecified atom stereocenters. The fraction of sp³-hybridized carbons (Fsp3) is 0.467. The molecule has 1 aromatic rings. The average Bonchev–Trinajstić information content (AvgIpc) is 2.47. The molecule has 0 spiro atoms. The monoisotopic (exact) mass is 371 g/mol. The molecular formula is C15H18BrNO5. The predicted octanol–water partition coefficient (Wildman–Crippen LogP) is 2.09. The lowest BCUT2D eigenvalue weighted by molar-refractivity contribution is -0.144. The van der Waals surface area contributed by atoms with Crippen molar-refractivity contribution >= 4 is 27.8 Å². The van der Waals surface area contributed by atoms with Gasteiger partial charge >= 0.3 is 5.97 Å². The van der Waals surface area contributed by atoms with Gasteiger partial charge in [0.15, 0.2) is 11.5 Å². The number of hydrogen-bond donors (Lipinski definition) is 1. The minimum atomic E-state index is -1.01. The van der Waals surface area contributed by atoms with Gasteiger partial charge in [-0.05, 0) is 24.1 Å². The Morgan fingerprint density at radius 2 is 1.91 bits per heavy atom. The molecule has 0 atom stereocenters. The van der Waals surface area contributed by atoms with E-state index in [0.29, 0.717) is 37.7 Å². The molecule has 1 amide bonds. The zero-order chi connectivity index (χ0) is 16.1. The van der Waals surface area contributed by atoms with Crippen molar-refractivity contribution in [3.05, 3.63) is 22.2 Å². The van der Waals surface area contributed by atoms with Crippen molar-refractivity contribution in [2.75, 3.05) is 26.3 Å². The summed E-state index contributed by atoms with van der Waals surface area (Å²) in [5.41, 5.74) is 0.751. The Balaban J connectivity index is 2.14. The van der Waals surface area contributed by atoms with Crippen molar-refractivity contribution in [3.8, 4) is 11.5 Å². The molecule has 2 rings (SSSR count). The molecule has 0 aliphatic carbocycles. The van der Waals surface area contributed by atoms with Crippen molar-refractivity contribution in [1.82, 2.24) is 4.90 Å². The van der Waals surface area contributed by atoms with Crippen LogP contribution in [0.4, 0.5) is 0 Å². The first-order chi connectivity index (χ1) is 10.5. The van der Waals surface area contributed by atoms with Gasteiger partial charge in [-0.1, -0.05) is 22.9 Å². The van der Waals surface area contributed by atoms with Crippen LogP contribution in [-0.2, 0) is 16.0 Å². The second kappa shape index (κ2) is 7.49. The number of rotatable bonds is 6. The van der Waals surface area contributed by atoms with Gasteiger partial charge in [0.25, 0.3) is 0 Å². The second-order valence-electron chi connectivity index (χ2n) is 4.97. The van der Waals surface area contributed by atoms with Gasteiger partial charge in [-0.3, -0.25) is 9.59 Å². The normalized spacial score (nSPS) is 12.8. The molecule has 0 fully saturated rings. The highest BCUT2D eigenvalue weighted by atomic mass is 79.9. The minimum Gasteiger partial charge on any atom is -0.486 e. The highest BCUT2D eigenvalue weighted by molar-refractivity contribution is 9.10. The molecule has 0 radical (unpaired) electrons. The molecule has 0 aromatic heterocycles. The Morgan fingerprint density at radius 3 is 2.50 bits per heavy atom. The molecule has 1 aliphatic rings. The summed E-state index contributed by atoms with van der Waals surface area (Å²) in [4.78, 5) is 24.5. The van der Waals surface area contributed by atoms with Crippen molar-refractivity contribution in [2.24, 2.45) is 0 Å². The molecule has 7 heteroatoms. The number of amides is 1. The van der Waals surface area contributed by atoms with Crippen molar-refractivity contribution in [1.29, 1.82) is 0 Å². The Hall–Kier alpha value is -1.76. The quantitative estimate of drug-likeness (QED) is 0.828. The van der Waals surface area contributed by atoms with Crippen molar-refractivity contribution in [2.45, 2.75) is 19.8 Å². The number of nitrogens with zero attached hydrogens (tertiary/aromatic N) is 1. The number of carbonyl (C=O) groups excluding carboxylic acids is 1. The largest absolute Gasteiger partial charge is 0.486 e. The predicted molar refractivity (Wildman–Crippen MR) is 83.3 cm³/mol. The Morgan fingerprint density at radius 1 is 1.27 bits per heavy atom. The number of carboxylic acids is 1. The molecule has 0 saturated heterocycles. The Labute approximate surface area is 137 Å². The Kier molecular flexibility index (Phi) is 5.65. The third-order valence-electron chi connectivity index (χ3n) is 3.23. The number of ether oxygens (including phenoxy) is 2. The number of carbonyl (C=O) groups is 2. The van der Waals surface area contributed by atoms with E-state index in [1.54, 1.807) is 12.1 Å². The fourth-order valence-corrected chi connectivity index (χ4v) is 2.70. The zero-order valence-corrected chi connectivity index (χ0v) is 13.9. The lowest BCUT2D eigenvalue weighted by Gasteiger charge is -2.22. The lowest BCUT2D eigenvalue weighted by Crippen LogP contribution is -2.37. The SMILES string of the molecule is CCCN(CC(=O)O)C(=O)Cc1cc2c(cc1Br)OCCO2. The van der Waals surface area contributed by atoms with Crippen LogP contribution in [0.1, 0.15) is 18.9 Å². The Bertz CT molecular complexity index is 575. The number of hydrogen-bond acceptors (Lipinski definition) is 4. The van der Waals surface area contributed by atoms with Crippen LogP contribution in [0.15, 0.2) is 16.6 Å². The molecule has 1 aromatic carbocycles. The van der Waals surface area contributed by atoms with Crippen LogP contribution in [0.5, 0.6) is 11.5 Å². The average molecular weight is 372 g/mol. The summed E-state index contributed by atoms with van der Waals surface area (Å²) in [6.07, 6.45) is 0.825. The van der Waals surface area contributed by atoms with Gasteiger partial charge in [0.05, 0.1) is 6.42 Å². The van der Waals surface area contributed by atoms with E-state index in [1.165, 1.54) is 4.90 Å². The summed E-state index contributed by atoms with van der Waals surface area (Å²) in [7, 11) is 0. The van der Waals surface area contributed by atoms with Crippen LogP contribution < -0.4 is 9.47 Å². The van der Waals surface area contributed by atoms with Gasteiger partial charge in [-0.2, -0.15) is 0 Å². The maximum atomic E-state index is 12.3. The van der Waals surface area contributed by atoms with Crippen LogP contribution in [0, 0.1) is 0 Å². The number of fused-ring (bicyclic) bond motifs is 1. The number of halogens is 1. The van der Waals surface area contributed by atoms with Gasteiger partial charge in [-0.15, -0.1) is 0 Å². The van der Waals surface area contributed by atoms with E-state index in [1.807, 2.05) is 6.92 Å². The molecular weight excluding hydrogens is 354 g/mol. The summed E-state index contributed by atoms with van der Waals surface area (Å²) >= 11 is 3.42. The van der Waals surface area contributed by atoms with Crippen LogP contribution in [0.25, 0.3) is 0 Å². The minimum absolute atomic E-state index is 0.116. The van der Waals surface area contributed by atoms with E-state index < -0.39 is 5.97 Å². The van der Waals surface area contributed by atoms with E-state index in [2.05, 4.69) is 15.9 Å². The number of carboxylic acid groups (broad SMARTS) is 1. The topological polar surface area (TPSA) is 76.1 Å². The molecule has 6 nitrogen and oxygen atoms in total. The van der Waals surface area contributed by atoms with E-state index in [4.69, 9.17) is 14.6 Å². The van der Waals surface area contributed by atoms with Gasteiger partial charge in [0.2, 0.25) is 5.91 Å². The van der Waals surface area contributed by atoms with E-state index >= 15 is 0 Å². The summed E-state index contributed by atoms with van der Waals surface area (Å²) < 4.78 is 11.7. The summed E-state index contributed by atoms with van der Waals surface area (Å²) in [5.74, 6) is 0.0208. The highest BCUT2D eigenvalue weighted by Crippen LogP contribution is 2.35. The van der Waals surface area contributed by atoms with Crippen LogP contribution >= 0.6 is 15.9 Å². The lowest BCUT2D eigenvalue weighted by atomic mass is 10.1. The van der Waals surface area contributed by atoms with Crippen LogP contribution in [0.3, 0.4) is 0 Å². The van der Waals surface area contributed by atoms with Gasteiger partial charge in [0, 0.05) is 11.0 Å². The van der Waals surface area contributed by atoms with E-state index in [9.17, 15) is 9.59 Å². The molecule has 1 N–H and O–H groups in total. The van der Waals surface area contributed by atoms with Crippen LogP contribution in [0.2, 0.25) is 0 Å². The summed E-state index contributed by atoms with van der Waals surface area (Å²) in [6, 6.07) is 3.54. The maximum absolute atomic E-state index is 12.3. The molecule has 1 heterocycles. The molecule has 0 saturated carbocycles. The van der Waals surface area contributed by atoms with Gasteiger partial charge in [-0.25, -0.2) is 0 Å². The molecule has 22 heavy (non-hydrogen) atoms. The first-order valence-corrected chi connectivity index (χ1v) is 7.88. The number of benzene rings is 1. The van der Waals surface area contributed by atoms with Crippen molar-refractivity contribution < 1.29 is 24.2 Å². The smallest absolute Gasteiger partial charge is 0.323 e. The highest BCUT2D eigenvalue weighted by Gasteiger charge is 2.20. The van der Waals surface area contributed by atoms with Gasteiger partial charge in [0.1, 0.15) is 19.8 Å². The van der Waals surface area contributed by atoms with E-state index in [0.717, 1.165) is 10.0 Å². The first-order valence-electron chi connectivity index (χ1n) is 7.08. The van der Waals surface area contributed by atoms with Gasteiger partial charge < -0.3 is 19.5 Å². The number of aliphatic carboxylic acids is 1. The summed E-state index contributed by atoms with van der Waals surface area (Å²) in [6.45, 7) is 3.02. The second-order valence-corrected chi connectivity index (χ2v) is 5.83. The third-order valence-corrected chi connectivity index (χ3v) is 3.96. The molecule has 120 valence electrons. The molecule has 1 aliphatic heterocycles.